The van der Waals surface area contributed by atoms with Crippen molar-refractivity contribution in [2.75, 3.05) is 26.8 Å². The molecule has 8 heteroatoms. The van der Waals surface area contributed by atoms with Gasteiger partial charge in [0.05, 0.1) is 19.8 Å². The average Bonchev–Trinajstić information content (AvgIpc) is 3.53. The number of amides is 2. The lowest BCUT2D eigenvalue weighted by Crippen LogP contribution is -2.55. The molecule has 3 rings (SSSR count). The molecule has 0 aromatic heterocycles. The molecule has 2 N–H and O–H groups in total. The molecule has 8 nitrogen and oxygen atoms in total. The second kappa shape index (κ2) is 10.7. The fourth-order valence-corrected chi connectivity index (χ4v) is 4.86. The Labute approximate surface area is 222 Å². The number of carbonyl (C=O) groups is 2. The third-order valence-corrected chi connectivity index (χ3v) is 7.53. The lowest BCUT2D eigenvalue weighted by Gasteiger charge is -2.35. The monoisotopic (exact) mass is 518 g/mol. The molecule has 2 aliphatic rings. The van der Waals surface area contributed by atoms with Crippen molar-refractivity contribution in [1.82, 2.24) is 10.2 Å². The molecule has 2 fully saturated rings. The molecule has 1 saturated heterocycles. The van der Waals surface area contributed by atoms with Crippen LogP contribution < -0.4 is 14.8 Å². The van der Waals surface area contributed by atoms with Crippen LogP contribution in [0, 0.1) is 16.7 Å². The molecule has 1 unspecified atom stereocenters. The standard InChI is InChI=1S/C29H46N2O6/c1-18(32)29(8)17-31(25(33)24(27(2,3)4)30-26(34)37-28(5,6)7)15-21(29)20-12-13-22(35-9)23(14-20)36-16-19-10-11-19/h12-14,18-19,21,24,32H,10-11,15-17H2,1-9H3,(H,30,34)/t18-,21+,24+,29?/m1/s1. The minimum atomic E-state index is -0.785. The van der Waals surface area contributed by atoms with Crippen LogP contribution in [0.1, 0.15) is 79.7 Å². The van der Waals surface area contributed by atoms with Crippen molar-refractivity contribution in [3.05, 3.63) is 23.8 Å². The van der Waals surface area contributed by atoms with Crippen LogP contribution in [0.15, 0.2) is 18.2 Å². The van der Waals surface area contributed by atoms with E-state index in [1.54, 1.807) is 39.7 Å². The van der Waals surface area contributed by atoms with E-state index < -0.39 is 34.7 Å². The molecule has 2 amide bonds. The third kappa shape index (κ3) is 7.09. The molecule has 1 aromatic rings. The van der Waals surface area contributed by atoms with E-state index in [9.17, 15) is 14.7 Å². The number of rotatable bonds is 8. The van der Waals surface area contributed by atoms with Gasteiger partial charge in [-0.05, 0) is 69.6 Å². The minimum Gasteiger partial charge on any atom is -0.493 e. The van der Waals surface area contributed by atoms with Crippen molar-refractivity contribution in [3.8, 4) is 11.5 Å². The largest absolute Gasteiger partial charge is 0.493 e. The van der Waals surface area contributed by atoms with E-state index in [-0.39, 0.29) is 11.8 Å². The summed E-state index contributed by atoms with van der Waals surface area (Å²) >= 11 is 0. The van der Waals surface area contributed by atoms with Gasteiger partial charge in [-0.1, -0.05) is 33.8 Å². The van der Waals surface area contributed by atoms with Gasteiger partial charge in [-0.15, -0.1) is 0 Å². The van der Waals surface area contributed by atoms with Crippen molar-refractivity contribution in [2.45, 2.75) is 91.9 Å². The number of hydrogen-bond donors (Lipinski definition) is 2. The Bertz CT molecular complexity index is 976. The van der Waals surface area contributed by atoms with E-state index in [0.29, 0.717) is 37.1 Å². The first-order valence-corrected chi connectivity index (χ1v) is 13.3. The number of carbonyl (C=O) groups excluding carboxylic acids is 2. The Kier molecular flexibility index (Phi) is 8.42. The van der Waals surface area contributed by atoms with Crippen LogP contribution in [-0.2, 0) is 9.53 Å². The maximum atomic E-state index is 13.9. The summed E-state index contributed by atoms with van der Waals surface area (Å²) < 4.78 is 17.1. The number of benzene rings is 1. The molecule has 37 heavy (non-hydrogen) atoms. The van der Waals surface area contributed by atoms with Crippen LogP contribution in [-0.4, -0.2) is 66.6 Å². The van der Waals surface area contributed by atoms with Crippen LogP contribution in [0.3, 0.4) is 0 Å². The molecule has 0 spiro atoms. The molecule has 1 saturated carbocycles. The quantitative estimate of drug-likeness (QED) is 0.516. The highest BCUT2D eigenvalue weighted by Crippen LogP contribution is 2.47. The summed E-state index contributed by atoms with van der Waals surface area (Å²) in [6, 6.07) is 5.09. The molecule has 1 heterocycles. The highest BCUT2D eigenvalue weighted by atomic mass is 16.6. The van der Waals surface area contributed by atoms with Gasteiger partial charge >= 0.3 is 6.09 Å². The predicted octanol–water partition coefficient (Wildman–Crippen LogP) is 4.74. The first-order chi connectivity index (χ1) is 17.0. The number of hydrogen-bond acceptors (Lipinski definition) is 6. The Morgan fingerprint density at radius 1 is 1.16 bits per heavy atom. The molecule has 0 radical (unpaired) electrons. The van der Waals surface area contributed by atoms with Crippen molar-refractivity contribution in [1.29, 1.82) is 0 Å². The second-order valence-electron chi connectivity index (χ2n) is 13.1. The van der Waals surface area contributed by atoms with E-state index in [1.165, 1.54) is 12.8 Å². The van der Waals surface area contributed by atoms with Crippen molar-refractivity contribution >= 4 is 12.0 Å². The highest BCUT2D eigenvalue weighted by Gasteiger charge is 2.50. The van der Waals surface area contributed by atoms with Gasteiger partial charge in [0, 0.05) is 24.4 Å². The van der Waals surface area contributed by atoms with Crippen molar-refractivity contribution < 1.29 is 28.9 Å². The Hall–Kier alpha value is -2.48. The van der Waals surface area contributed by atoms with Gasteiger partial charge in [0.2, 0.25) is 5.91 Å². The molecular weight excluding hydrogens is 472 g/mol. The summed E-state index contributed by atoms with van der Waals surface area (Å²) in [6.07, 6.45) is 1.09. The van der Waals surface area contributed by atoms with Gasteiger partial charge in [0.15, 0.2) is 11.5 Å². The molecule has 1 aliphatic heterocycles. The second-order valence-corrected chi connectivity index (χ2v) is 13.1. The van der Waals surface area contributed by atoms with E-state index >= 15 is 0 Å². The summed E-state index contributed by atoms with van der Waals surface area (Å²) in [4.78, 5) is 28.2. The Morgan fingerprint density at radius 3 is 2.32 bits per heavy atom. The Balaban J connectivity index is 1.87. The zero-order valence-electron chi connectivity index (χ0n) is 24.0. The molecule has 208 valence electrons. The normalized spacial score (nSPS) is 23.8. The van der Waals surface area contributed by atoms with Gasteiger partial charge in [-0.25, -0.2) is 4.79 Å². The van der Waals surface area contributed by atoms with Crippen LogP contribution in [0.5, 0.6) is 11.5 Å². The van der Waals surface area contributed by atoms with Crippen LogP contribution in [0.2, 0.25) is 0 Å². The lowest BCUT2D eigenvalue weighted by molar-refractivity contribution is -0.135. The molecule has 1 aliphatic carbocycles. The fourth-order valence-electron chi connectivity index (χ4n) is 4.86. The third-order valence-electron chi connectivity index (χ3n) is 7.53. The molecular formula is C29H46N2O6. The van der Waals surface area contributed by atoms with Gasteiger partial charge in [0.25, 0.3) is 0 Å². The minimum absolute atomic E-state index is 0.132. The van der Waals surface area contributed by atoms with Gasteiger partial charge < -0.3 is 29.5 Å². The van der Waals surface area contributed by atoms with Crippen molar-refractivity contribution in [3.63, 3.8) is 0 Å². The predicted molar refractivity (Wildman–Crippen MR) is 143 cm³/mol. The molecule has 0 bridgehead atoms. The lowest BCUT2D eigenvalue weighted by atomic mass is 9.72. The summed E-state index contributed by atoms with van der Waals surface area (Å²) in [5.74, 6) is 1.63. The highest BCUT2D eigenvalue weighted by molar-refractivity contribution is 5.87. The summed E-state index contributed by atoms with van der Waals surface area (Å²) in [5.41, 5.74) is -0.825. The average molecular weight is 519 g/mol. The number of nitrogens with zero attached hydrogens (tertiary/aromatic N) is 1. The van der Waals surface area contributed by atoms with Gasteiger partial charge in [-0.3, -0.25) is 4.79 Å². The first kappa shape index (κ1) is 29.1. The number of ether oxygens (including phenoxy) is 3. The number of alkyl carbamates (subject to hydrolysis) is 1. The molecule has 4 atom stereocenters. The van der Waals surface area contributed by atoms with Crippen LogP contribution in [0.4, 0.5) is 4.79 Å². The fraction of sp³-hybridized carbons (Fsp3) is 0.724. The van der Waals surface area contributed by atoms with E-state index in [4.69, 9.17) is 14.2 Å². The smallest absolute Gasteiger partial charge is 0.408 e. The zero-order valence-corrected chi connectivity index (χ0v) is 24.0. The molecule has 1 aromatic carbocycles. The van der Waals surface area contributed by atoms with Gasteiger partial charge in [0.1, 0.15) is 11.6 Å². The van der Waals surface area contributed by atoms with E-state index in [1.807, 2.05) is 45.9 Å². The summed E-state index contributed by atoms with van der Waals surface area (Å²) in [5, 5.41) is 13.7. The van der Waals surface area contributed by atoms with Crippen LogP contribution >= 0.6 is 0 Å². The SMILES string of the molecule is COc1ccc([C@@H]2CN(C(=O)[C@H](NC(=O)OC(C)(C)C)C(C)(C)C)CC2(C)[C@@H](C)O)cc1OCC1CC1. The summed E-state index contributed by atoms with van der Waals surface area (Å²) in [6.45, 7) is 16.3. The van der Waals surface area contributed by atoms with Gasteiger partial charge in [-0.2, -0.15) is 0 Å². The number of aliphatic hydroxyl groups excluding tert-OH is 1. The van der Waals surface area contributed by atoms with E-state index in [0.717, 1.165) is 5.56 Å². The van der Waals surface area contributed by atoms with Crippen LogP contribution in [0.25, 0.3) is 0 Å². The number of aliphatic hydroxyl groups is 1. The first-order valence-electron chi connectivity index (χ1n) is 13.3. The number of nitrogens with one attached hydrogen (secondary N) is 1. The maximum absolute atomic E-state index is 13.9. The van der Waals surface area contributed by atoms with Crippen molar-refractivity contribution in [2.24, 2.45) is 16.7 Å². The number of likely N-dealkylation sites (tertiary alicyclic amines) is 1. The number of methoxy groups -OCH3 is 1. The summed E-state index contributed by atoms with van der Waals surface area (Å²) in [7, 11) is 1.62. The maximum Gasteiger partial charge on any atom is 0.408 e. The van der Waals surface area contributed by atoms with E-state index in [2.05, 4.69) is 5.32 Å². The Morgan fingerprint density at radius 2 is 1.81 bits per heavy atom. The zero-order chi connectivity index (χ0) is 27.8. The topological polar surface area (TPSA) is 97.3 Å².